The van der Waals surface area contributed by atoms with Crippen LogP contribution < -0.4 is 0 Å². The van der Waals surface area contributed by atoms with Crippen LogP contribution in [0.25, 0.3) is 43.2 Å². The van der Waals surface area contributed by atoms with Crippen LogP contribution in [0.1, 0.15) is 0 Å². The van der Waals surface area contributed by atoms with Gasteiger partial charge >= 0.3 is 0 Å². The van der Waals surface area contributed by atoms with Crippen molar-refractivity contribution >= 4 is 43.2 Å². The van der Waals surface area contributed by atoms with Crippen LogP contribution in [0.5, 0.6) is 0 Å². The van der Waals surface area contributed by atoms with Gasteiger partial charge in [-0.2, -0.15) is 0 Å². The second-order valence-corrected chi connectivity index (χ2v) is 5.65. The van der Waals surface area contributed by atoms with E-state index in [1.54, 1.807) is 0 Å². The molecular formula is C21H13N. The normalized spacial score (nSPS) is 11.6. The zero-order valence-corrected chi connectivity index (χ0v) is 12.0. The minimum atomic E-state index is 1.09. The Bertz CT molecular complexity index is 1130. The van der Waals surface area contributed by atoms with E-state index in [-0.39, 0.29) is 0 Å². The molecule has 1 aromatic heterocycles. The van der Waals surface area contributed by atoms with Crippen molar-refractivity contribution in [2.45, 2.75) is 0 Å². The van der Waals surface area contributed by atoms with Gasteiger partial charge in [0.15, 0.2) is 0 Å². The minimum absolute atomic E-state index is 1.09. The molecule has 0 aliphatic carbocycles. The number of aromatic nitrogens is 1. The van der Waals surface area contributed by atoms with E-state index in [1.807, 2.05) is 12.3 Å². The van der Waals surface area contributed by atoms with E-state index in [0.29, 0.717) is 0 Å². The van der Waals surface area contributed by atoms with E-state index >= 15 is 0 Å². The Balaban J connectivity index is 2.24. The first-order valence-electron chi connectivity index (χ1n) is 7.50. The summed E-state index contributed by atoms with van der Waals surface area (Å²) in [5.74, 6) is 0. The van der Waals surface area contributed by atoms with Gasteiger partial charge in [-0.3, -0.25) is 4.98 Å². The van der Waals surface area contributed by atoms with E-state index in [4.69, 9.17) is 0 Å². The number of nitrogens with zero attached hydrogens (tertiary/aromatic N) is 1. The smallest absolute Gasteiger partial charge is 0.0786 e. The average Bonchev–Trinajstić information content (AvgIpc) is 2.61. The topological polar surface area (TPSA) is 12.9 Å². The first kappa shape index (κ1) is 11.7. The van der Waals surface area contributed by atoms with Gasteiger partial charge in [-0.05, 0) is 33.0 Å². The second kappa shape index (κ2) is 4.28. The molecule has 0 N–H and O–H groups in total. The molecule has 1 nitrogen and oxygen atoms in total. The van der Waals surface area contributed by atoms with Crippen LogP contribution >= 0.6 is 0 Å². The molecule has 0 unspecified atom stereocenters. The first-order valence-corrected chi connectivity index (χ1v) is 7.50. The van der Waals surface area contributed by atoms with Gasteiger partial charge in [0, 0.05) is 17.0 Å². The predicted molar refractivity (Wildman–Crippen MR) is 94.3 cm³/mol. The van der Waals surface area contributed by atoms with Crippen LogP contribution in [0, 0.1) is 0 Å². The highest BCUT2D eigenvalue weighted by Gasteiger charge is 2.10. The Morgan fingerprint density at radius 2 is 1.23 bits per heavy atom. The summed E-state index contributed by atoms with van der Waals surface area (Å²) in [6, 6.07) is 25.8. The molecule has 1 heteroatoms. The van der Waals surface area contributed by atoms with E-state index in [9.17, 15) is 0 Å². The summed E-state index contributed by atoms with van der Waals surface area (Å²) >= 11 is 0. The third-order valence-corrected chi connectivity index (χ3v) is 4.48. The molecule has 0 aliphatic rings. The lowest BCUT2D eigenvalue weighted by atomic mass is 9.93. The summed E-state index contributed by atoms with van der Waals surface area (Å²) in [7, 11) is 0. The highest BCUT2D eigenvalue weighted by Crippen LogP contribution is 2.37. The Hall–Kier alpha value is -2.93. The van der Waals surface area contributed by atoms with E-state index in [2.05, 4.69) is 71.7 Å². The van der Waals surface area contributed by atoms with Gasteiger partial charge in [0.2, 0.25) is 0 Å². The quantitative estimate of drug-likeness (QED) is 0.332. The SMILES string of the molecule is c1ccc2c(c1)ccc1c3ncccc3c3ccccc3c21. The Kier molecular flexibility index (Phi) is 2.28. The van der Waals surface area contributed by atoms with Gasteiger partial charge in [0.25, 0.3) is 0 Å². The summed E-state index contributed by atoms with van der Waals surface area (Å²) in [4.78, 5) is 4.67. The molecule has 0 saturated carbocycles. The lowest BCUT2D eigenvalue weighted by Crippen LogP contribution is -1.86. The lowest BCUT2D eigenvalue weighted by Gasteiger charge is -2.11. The fourth-order valence-electron chi connectivity index (χ4n) is 3.53. The predicted octanol–water partition coefficient (Wildman–Crippen LogP) is 5.69. The van der Waals surface area contributed by atoms with Crippen molar-refractivity contribution in [3.05, 3.63) is 79.0 Å². The number of benzene rings is 4. The summed E-state index contributed by atoms with van der Waals surface area (Å²) in [5.41, 5.74) is 1.09. The van der Waals surface area contributed by atoms with Crippen LogP contribution in [0.15, 0.2) is 79.0 Å². The van der Waals surface area contributed by atoms with Crippen LogP contribution in [0.3, 0.4) is 0 Å². The second-order valence-electron chi connectivity index (χ2n) is 5.65. The largest absolute Gasteiger partial charge is 0.256 e. The van der Waals surface area contributed by atoms with Crippen LogP contribution in [0.4, 0.5) is 0 Å². The van der Waals surface area contributed by atoms with Gasteiger partial charge in [-0.1, -0.05) is 66.7 Å². The molecule has 0 aliphatic heterocycles. The number of hydrogen-bond acceptors (Lipinski definition) is 1. The Morgan fingerprint density at radius 1 is 0.500 bits per heavy atom. The number of fused-ring (bicyclic) bond motifs is 8. The van der Waals surface area contributed by atoms with Crippen molar-refractivity contribution in [1.82, 2.24) is 4.98 Å². The maximum atomic E-state index is 4.67. The zero-order valence-electron chi connectivity index (χ0n) is 12.0. The van der Waals surface area contributed by atoms with Crippen molar-refractivity contribution in [3.8, 4) is 0 Å². The van der Waals surface area contributed by atoms with Crippen LogP contribution in [-0.4, -0.2) is 4.98 Å². The van der Waals surface area contributed by atoms with Crippen LogP contribution in [0.2, 0.25) is 0 Å². The summed E-state index contributed by atoms with van der Waals surface area (Å²) in [6.45, 7) is 0. The van der Waals surface area contributed by atoms with E-state index < -0.39 is 0 Å². The monoisotopic (exact) mass is 279 g/mol. The molecule has 0 atom stereocenters. The van der Waals surface area contributed by atoms with Crippen molar-refractivity contribution in [2.75, 3.05) is 0 Å². The number of rotatable bonds is 0. The third-order valence-electron chi connectivity index (χ3n) is 4.48. The van der Waals surface area contributed by atoms with Gasteiger partial charge in [0.1, 0.15) is 0 Å². The fourth-order valence-corrected chi connectivity index (χ4v) is 3.53. The van der Waals surface area contributed by atoms with Gasteiger partial charge in [-0.15, -0.1) is 0 Å². The molecule has 0 spiro atoms. The molecule has 102 valence electrons. The lowest BCUT2D eigenvalue weighted by molar-refractivity contribution is 1.43. The van der Waals surface area contributed by atoms with E-state index in [0.717, 1.165) is 5.52 Å². The van der Waals surface area contributed by atoms with Gasteiger partial charge in [0.05, 0.1) is 5.52 Å². The van der Waals surface area contributed by atoms with Gasteiger partial charge < -0.3 is 0 Å². The Labute approximate surface area is 127 Å². The number of hydrogen-bond donors (Lipinski definition) is 0. The fraction of sp³-hybridized carbons (Fsp3) is 0. The summed E-state index contributed by atoms with van der Waals surface area (Å²) in [5, 5.41) is 8.90. The standard InChI is InChI=1S/C21H13N/c1-2-7-15-14(6-1)11-12-19-20(15)17-9-4-3-8-16(17)18-10-5-13-22-21(18)19/h1-13H. The molecule has 5 rings (SSSR count). The average molecular weight is 279 g/mol. The molecule has 22 heavy (non-hydrogen) atoms. The zero-order chi connectivity index (χ0) is 14.5. The summed E-state index contributed by atoms with van der Waals surface area (Å²) < 4.78 is 0. The third kappa shape index (κ3) is 1.45. The van der Waals surface area contributed by atoms with Crippen molar-refractivity contribution in [1.29, 1.82) is 0 Å². The molecule has 5 aromatic rings. The van der Waals surface area contributed by atoms with Crippen molar-refractivity contribution in [3.63, 3.8) is 0 Å². The summed E-state index contributed by atoms with van der Waals surface area (Å²) in [6.07, 6.45) is 1.88. The molecule has 0 amide bonds. The first-order chi connectivity index (χ1) is 10.9. The van der Waals surface area contributed by atoms with Crippen LogP contribution in [-0.2, 0) is 0 Å². The molecule has 0 fully saturated rings. The Morgan fingerprint density at radius 3 is 2.14 bits per heavy atom. The molecular weight excluding hydrogens is 266 g/mol. The maximum absolute atomic E-state index is 4.67. The maximum Gasteiger partial charge on any atom is 0.0786 e. The van der Waals surface area contributed by atoms with Crippen molar-refractivity contribution < 1.29 is 0 Å². The molecule has 4 aromatic carbocycles. The van der Waals surface area contributed by atoms with Crippen molar-refractivity contribution in [2.24, 2.45) is 0 Å². The minimum Gasteiger partial charge on any atom is -0.256 e. The highest BCUT2D eigenvalue weighted by atomic mass is 14.6. The molecule has 0 saturated heterocycles. The number of pyridine rings is 1. The molecule has 1 heterocycles. The molecule has 0 radical (unpaired) electrons. The molecule has 0 bridgehead atoms. The highest BCUT2D eigenvalue weighted by molar-refractivity contribution is 6.30. The van der Waals surface area contributed by atoms with Gasteiger partial charge in [-0.25, -0.2) is 0 Å². The van der Waals surface area contributed by atoms with E-state index in [1.165, 1.54) is 37.7 Å².